The Hall–Kier alpha value is -1.01. The van der Waals surface area contributed by atoms with Gasteiger partial charge in [0.15, 0.2) is 10.7 Å². The van der Waals surface area contributed by atoms with E-state index in [1.165, 1.54) is 24.6 Å². The maximum atomic E-state index is 12.3. The molecule has 0 N–H and O–H groups in total. The Labute approximate surface area is 122 Å². The molecule has 1 heterocycles. The number of hydrogen-bond donors (Lipinski definition) is 0. The van der Waals surface area contributed by atoms with Gasteiger partial charge in [-0.25, -0.2) is 0 Å². The van der Waals surface area contributed by atoms with E-state index in [1.54, 1.807) is 6.92 Å². The fraction of sp³-hybridized carbons (Fsp3) is 0.167. The summed E-state index contributed by atoms with van der Waals surface area (Å²) >= 11 is 10.8. The molecule has 0 spiro atoms. The lowest BCUT2D eigenvalue weighted by Crippen LogP contribution is -2.05. The average Bonchev–Trinajstić information content (AvgIpc) is 2.77. The molecule has 0 radical (unpaired) electrons. The van der Waals surface area contributed by atoms with Gasteiger partial charge in [-0.1, -0.05) is 28.4 Å². The number of ketones is 1. The van der Waals surface area contributed by atoms with Gasteiger partial charge in [-0.3, -0.25) is 4.79 Å². The third-order valence-corrected chi connectivity index (χ3v) is 4.55. The quantitative estimate of drug-likeness (QED) is 0.643. The molecule has 1 unspecified atom stereocenters. The van der Waals surface area contributed by atoms with Crippen molar-refractivity contribution >= 4 is 40.2 Å². The summed E-state index contributed by atoms with van der Waals surface area (Å²) in [6, 6.07) is 3.03. The molecule has 0 aliphatic heterocycles. The SMILES string of the molecule is Cc1oncc1C(=O)c1ccc([S+](C)[O-])c(Cl)c1Cl. The summed E-state index contributed by atoms with van der Waals surface area (Å²) in [5.41, 5.74) is 0.551. The molecule has 0 saturated heterocycles. The minimum Gasteiger partial charge on any atom is -0.612 e. The molecule has 7 heteroatoms. The molecule has 1 aromatic carbocycles. The first-order valence-corrected chi connectivity index (χ1v) is 7.52. The van der Waals surface area contributed by atoms with Crippen molar-refractivity contribution in [3.63, 3.8) is 0 Å². The van der Waals surface area contributed by atoms with Gasteiger partial charge in [0, 0.05) is 5.56 Å². The minimum atomic E-state index is -1.27. The lowest BCUT2D eigenvalue weighted by molar-refractivity contribution is 0.103. The molecule has 1 atom stereocenters. The zero-order valence-electron chi connectivity index (χ0n) is 10.1. The second kappa shape index (κ2) is 5.54. The van der Waals surface area contributed by atoms with Crippen LogP contribution in [0, 0.1) is 6.92 Å². The first-order chi connectivity index (χ1) is 8.93. The molecule has 0 aliphatic carbocycles. The van der Waals surface area contributed by atoms with Crippen LogP contribution in [-0.4, -0.2) is 21.7 Å². The highest BCUT2D eigenvalue weighted by Crippen LogP contribution is 2.33. The Balaban J connectivity index is 2.50. The summed E-state index contributed by atoms with van der Waals surface area (Å²) in [5.74, 6) is 0.0689. The van der Waals surface area contributed by atoms with E-state index in [1.807, 2.05) is 0 Å². The highest BCUT2D eigenvalue weighted by atomic mass is 35.5. The summed E-state index contributed by atoms with van der Waals surface area (Å²) in [6.07, 6.45) is 2.82. The van der Waals surface area contributed by atoms with Crippen molar-refractivity contribution in [3.8, 4) is 0 Å². The second-order valence-corrected chi connectivity index (χ2v) is 5.92. The van der Waals surface area contributed by atoms with Gasteiger partial charge < -0.3 is 9.08 Å². The molecule has 0 aliphatic rings. The molecule has 0 bridgehead atoms. The molecule has 0 amide bonds. The van der Waals surface area contributed by atoms with Crippen molar-refractivity contribution in [1.82, 2.24) is 5.16 Å². The molecule has 1 aromatic heterocycles. The van der Waals surface area contributed by atoms with Crippen molar-refractivity contribution in [3.05, 3.63) is 45.3 Å². The number of benzene rings is 1. The highest BCUT2D eigenvalue weighted by molar-refractivity contribution is 7.90. The molecular formula is C12H9Cl2NO3S. The summed E-state index contributed by atoms with van der Waals surface area (Å²) in [6.45, 7) is 1.63. The van der Waals surface area contributed by atoms with Crippen LogP contribution in [0.5, 0.6) is 0 Å². The second-order valence-electron chi connectivity index (χ2n) is 3.82. The van der Waals surface area contributed by atoms with Crippen LogP contribution in [0.25, 0.3) is 0 Å². The van der Waals surface area contributed by atoms with Crippen LogP contribution in [0.4, 0.5) is 0 Å². The van der Waals surface area contributed by atoms with E-state index in [9.17, 15) is 9.35 Å². The van der Waals surface area contributed by atoms with Crippen molar-refractivity contribution in [2.24, 2.45) is 0 Å². The molecule has 19 heavy (non-hydrogen) atoms. The molecule has 2 aromatic rings. The van der Waals surface area contributed by atoms with E-state index >= 15 is 0 Å². The zero-order valence-corrected chi connectivity index (χ0v) is 12.4. The van der Waals surface area contributed by atoms with Gasteiger partial charge in [-0.15, -0.1) is 0 Å². The summed E-state index contributed by atoms with van der Waals surface area (Å²) in [4.78, 5) is 12.7. The van der Waals surface area contributed by atoms with Gasteiger partial charge in [0.1, 0.15) is 17.0 Å². The number of aryl methyl sites for hydroxylation is 1. The Kier molecular flexibility index (Phi) is 4.20. The van der Waals surface area contributed by atoms with Crippen LogP contribution in [0.3, 0.4) is 0 Å². The van der Waals surface area contributed by atoms with E-state index in [0.717, 1.165) is 0 Å². The predicted octanol–water partition coefficient (Wildman–Crippen LogP) is 3.26. The average molecular weight is 318 g/mol. The van der Waals surface area contributed by atoms with Crippen LogP contribution in [0.2, 0.25) is 10.0 Å². The standard InChI is InChI=1S/C12H9Cl2NO3S/c1-6-8(5-15-18-6)12(16)7-3-4-9(19(2)17)11(14)10(7)13/h3-5H,1-2H3. The Morgan fingerprint density at radius 1 is 1.32 bits per heavy atom. The van der Waals surface area contributed by atoms with Crippen LogP contribution in [-0.2, 0) is 11.2 Å². The molecule has 0 saturated carbocycles. The van der Waals surface area contributed by atoms with Crippen molar-refractivity contribution in [1.29, 1.82) is 0 Å². The van der Waals surface area contributed by atoms with Crippen molar-refractivity contribution in [2.45, 2.75) is 11.8 Å². The lowest BCUT2D eigenvalue weighted by Gasteiger charge is -2.10. The van der Waals surface area contributed by atoms with E-state index in [-0.39, 0.29) is 21.4 Å². The smallest absolute Gasteiger partial charge is 0.199 e. The number of carbonyl (C=O) groups excluding carboxylic acids is 1. The number of aromatic nitrogens is 1. The number of rotatable bonds is 3. The van der Waals surface area contributed by atoms with Crippen LogP contribution in [0.1, 0.15) is 21.7 Å². The lowest BCUT2D eigenvalue weighted by atomic mass is 10.0. The van der Waals surface area contributed by atoms with Crippen LogP contribution < -0.4 is 0 Å². The van der Waals surface area contributed by atoms with Gasteiger partial charge >= 0.3 is 0 Å². The third-order valence-electron chi connectivity index (χ3n) is 2.60. The maximum Gasteiger partial charge on any atom is 0.199 e. The number of carbonyl (C=O) groups is 1. The fourth-order valence-electron chi connectivity index (χ4n) is 1.59. The van der Waals surface area contributed by atoms with E-state index in [2.05, 4.69) is 5.16 Å². The third kappa shape index (κ3) is 2.65. The Morgan fingerprint density at radius 2 is 2.00 bits per heavy atom. The summed E-state index contributed by atoms with van der Waals surface area (Å²) in [7, 11) is 0. The van der Waals surface area contributed by atoms with Crippen molar-refractivity contribution < 1.29 is 13.9 Å². The first kappa shape index (κ1) is 14.4. The molecule has 0 fully saturated rings. The molecule has 100 valence electrons. The van der Waals surface area contributed by atoms with Gasteiger partial charge in [0.05, 0.1) is 16.8 Å². The van der Waals surface area contributed by atoms with Crippen molar-refractivity contribution in [2.75, 3.05) is 6.26 Å². The number of halogens is 2. The van der Waals surface area contributed by atoms with Gasteiger partial charge in [0.25, 0.3) is 0 Å². The van der Waals surface area contributed by atoms with Gasteiger partial charge in [-0.05, 0) is 30.2 Å². The maximum absolute atomic E-state index is 12.3. The van der Waals surface area contributed by atoms with Crippen LogP contribution >= 0.6 is 23.2 Å². The fourth-order valence-corrected chi connectivity index (χ4v) is 3.00. The largest absolute Gasteiger partial charge is 0.612 e. The monoisotopic (exact) mass is 317 g/mol. The van der Waals surface area contributed by atoms with E-state index < -0.39 is 11.2 Å². The number of nitrogens with zero attached hydrogens (tertiary/aromatic N) is 1. The predicted molar refractivity (Wildman–Crippen MR) is 73.5 cm³/mol. The zero-order chi connectivity index (χ0) is 14.2. The Bertz CT molecular complexity index is 640. The summed E-state index contributed by atoms with van der Waals surface area (Å²) in [5, 5.41) is 3.76. The van der Waals surface area contributed by atoms with E-state index in [0.29, 0.717) is 16.2 Å². The normalized spacial score (nSPS) is 12.5. The number of hydrogen-bond acceptors (Lipinski definition) is 4. The Morgan fingerprint density at radius 3 is 2.53 bits per heavy atom. The highest BCUT2D eigenvalue weighted by Gasteiger charge is 2.23. The molecule has 4 nitrogen and oxygen atoms in total. The van der Waals surface area contributed by atoms with Gasteiger partial charge in [0.2, 0.25) is 0 Å². The van der Waals surface area contributed by atoms with Gasteiger partial charge in [-0.2, -0.15) is 0 Å². The first-order valence-electron chi connectivity index (χ1n) is 5.21. The topological polar surface area (TPSA) is 66.2 Å². The minimum absolute atomic E-state index is 0.0833. The van der Waals surface area contributed by atoms with Crippen LogP contribution in [0.15, 0.2) is 27.7 Å². The molecule has 2 rings (SSSR count). The van der Waals surface area contributed by atoms with E-state index in [4.69, 9.17) is 27.7 Å². The summed E-state index contributed by atoms with van der Waals surface area (Å²) < 4.78 is 16.3. The molecular weight excluding hydrogens is 309 g/mol.